The molecule has 0 spiro atoms. The van der Waals surface area contributed by atoms with E-state index in [4.69, 9.17) is 0 Å². The molecule has 4 aromatic heterocycles. The van der Waals surface area contributed by atoms with Crippen LogP contribution >= 0.6 is 0 Å². The molecule has 0 saturated carbocycles. The predicted octanol–water partition coefficient (Wildman–Crippen LogP) is 2.14. The Bertz CT molecular complexity index is 1040. The van der Waals surface area contributed by atoms with Gasteiger partial charge in [-0.2, -0.15) is 10.2 Å². The molecule has 0 aromatic carbocycles. The zero-order valence-electron chi connectivity index (χ0n) is 14.4. The fourth-order valence-electron chi connectivity index (χ4n) is 2.52. The molecule has 0 aliphatic rings. The van der Waals surface area contributed by atoms with Gasteiger partial charge in [-0.1, -0.05) is 6.07 Å². The van der Waals surface area contributed by atoms with Crippen LogP contribution in [0.3, 0.4) is 0 Å². The number of amides is 1. The quantitative estimate of drug-likeness (QED) is 0.501. The molecule has 3 N–H and O–H groups in total. The van der Waals surface area contributed by atoms with Crippen LogP contribution in [0.2, 0.25) is 0 Å². The van der Waals surface area contributed by atoms with Gasteiger partial charge in [0.1, 0.15) is 17.2 Å². The number of aromatic amines is 2. The van der Waals surface area contributed by atoms with Gasteiger partial charge in [-0.25, -0.2) is 4.98 Å². The van der Waals surface area contributed by atoms with E-state index in [1.807, 2.05) is 37.3 Å². The summed E-state index contributed by atoms with van der Waals surface area (Å²) < 4.78 is 0. The third kappa shape index (κ3) is 3.56. The number of rotatable bonds is 5. The van der Waals surface area contributed by atoms with E-state index in [0.717, 1.165) is 5.56 Å². The summed E-state index contributed by atoms with van der Waals surface area (Å²) >= 11 is 0. The fourth-order valence-corrected chi connectivity index (χ4v) is 2.52. The van der Waals surface area contributed by atoms with Crippen LogP contribution in [0.5, 0.6) is 0 Å². The van der Waals surface area contributed by atoms with Crippen LogP contribution in [0.1, 0.15) is 29.3 Å². The molecule has 0 aliphatic carbocycles. The van der Waals surface area contributed by atoms with Gasteiger partial charge in [-0.3, -0.25) is 25.0 Å². The number of hydrogen-bond donors (Lipinski definition) is 3. The van der Waals surface area contributed by atoms with Gasteiger partial charge in [0.15, 0.2) is 5.82 Å². The van der Waals surface area contributed by atoms with Gasteiger partial charge in [0.2, 0.25) is 0 Å². The van der Waals surface area contributed by atoms with Crippen molar-refractivity contribution in [2.75, 3.05) is 0 Å². The van der Waals surface area contributed by atoms with Crippen molar-refractivity contribution in [1.29, 1.82) is 0 Å². The van der Waals surface area contributed by atoms with E-state index in [-0.39, 0.29) is 11.9 Å². The molecule has 27 heavy (non-hydrogen) atoms. The third-order valence-electron chi connectivity index (χ3n) is 3.93. The summed E-state index contributed by atoms with van der Waals surface area (Å²) in [5.41, 5.74) is 2.44. The molecule has 9 nitrogen and oxygen atoms in total. The normalized spacial score (nSPS) is 11.9. The smallest absolute Gasteiger partial charge is 0.269 e. The minimum atomic E-state index is -0.364. The summed E-state index contributed by atoms with van der Waals surface area (Å²) in [6.45, 7) is 1.82. The van der Waals surface area contributed by atoms with Crippen LogP contribution < -0.4 is 5.32 Å². The van der Waals surface area contributed by atoms with Crippen LogP contribution in [0.4, 0.5) is 0 Å². The molecule has 0 aliphatic heterocycles. The molecule has 0 bridgehead atoms. The number of aromatic nitrogens is 7. The molecule has 4 rings (SSSR count). The molecule has 9 heteroatoms. The lowest BCUT2D eigenvalue weighted by Crippen LogP contribution is -2.27. The lowest BCUT2D eigenvalue weighted by Gasteiger charge is -2.09. The number of nitrogens with one attached hydrogen (secondary N) is 3. The first-order valence-corrected chi connectivity index (χ1v) is 8.31. The van der Waals surface area contributed by atoms with Gasteiger partial charge in [-0.05, 0) is 37.3 Å². The molecule has 0 radical (unpaired) electrons. The van der Waals surface area contributed by atoms with Crippen LogP contribution in [-0.2, 0) is 0 Å². The monoisotopic (exact) mass is 360 g/mol. The van der Waals surface area contributed by atoms with Crippen LogP contribution in [-0.4, -0.2) is 41.3 Å². The summed E-state index contributed by atoms with van der Waals surface area (Å²) in [6.07, 6.45) is 5.04. The first kappa shape index (κ1) is 16.6. The Hall–Kier alpha value is -3.88. The fraction of sp³-hybridized carbons (Fsp3) is 0.111. The molecule has 1 atom stereocenters. The summed E-state index contributed by atoms with van der Waals surface area (Å²) in [7, 11) is 0. The van der Waals surface area contributed by atoms with E-state index in [1.54, 1.807) is 24.7 Å². The minimum absolute atomic E-state index is 0.295. The molecule has 0 fully saturated rings. The predicted molar refractivity (Wildman–Crippen MR) is 97.3 cm³/mol. The maximum atomic E-state index is 12.5. The zero-order valence-corrected chi connectivity index (χ0v) is 14.4. The Morgan fingerprint density at radius 2 is 2.00 bits per heavy atom. The summed E-state index contributed by atoms with van der Waals surface area (Å²) in [6, 6.07) is 10.5. The first-order valence-electron chi connectivity index (χ1n) is 8.31. The molecular weight excluding hydrogens is 344 g/mol. The topological polar surface area (TPSA) is 125 Å². The number of pyridine rings is 2. The first-order chi connectivity index (χ1) is 13.2. The number of carbonyl (C=O) groups excluding carboxylic acids is 1. The highest BCUT2D eigenvalue weighted by Gasteiger charge is 2.18. The molecule has 134 valence electrons. The Morgan fingerprint density at radius 3 is 2.78 bits per heavy atom. The Labute approximate surface area is 154 Å². The van der Waals surface area contributed by atoms with Crippen molar-refractivity contribution in [3.8, 4) is 22.8 Å². The molecule has 4 heterocycles. The van der Waals surface area contributed by atoms with E-state index in [0.29, 0.717) is 28.7 Å². The zero-order chi connectivity index (χ0) is 18.6. The van der Waals surface area contributed by atoms with Crippen molar-refractivity contribution < 1.29 is 4.79 Å². The second kappa shape index (κ2) is 7.16. The van der Waals surface area contributed by atoms with Gasteiger partial charge in [-0.15, -0.1) is 0 Å². The largest absolute Gasteiger partial charge is 0.341 e. The Kier molecular flexibility index (Phi) is 4.40. The summed E-state index contributed by atoms with van der Waals surface area (Å²) in [5.74, 6) is 0.779. The average Bonchev–Trinajstić information content (AvgIpc) is 3.39. The number of nitrogens with zero attached hydrogens (tertiary/aromatic N) is 5. The lowest BCUT2D eigenvalue weighted by molar-refractivity contribution is 0.0933. The highest BCUT2D eigenvalue weighted by molar-refractivity contribution is 5.93. The van der Waals surface area contributed by atoms with Gasteiger partial charge >= 0.3 is 0 Å². The average molecular weight is 360 g/mol. The van der Waals surface area contributed by atoms with E-state index >= 15 is 0 Å². The van der Waals surface area contributed by atoms with E-state index < -0.39 is 0 Å². The van der Waals surface area contributed by atoms with Crippen molar-refractivity contribution in [3.63, 3.8) is 0 Å². The lowest BCUT2D eigenvalue weighted by atomic mass is 10.2. The van der Waals surface area contributed by atoms with Crippen LogP contribution in [0.15, 0.2) is 55.0 Å². The third-order valence-corrected chi connectivity index (χ3v) is 3.93. The summed E-state index contributed by atoms with van der Waals surface area (Å²) in [4.78, 5) is 25.2. The van der Waals surface area contributed by atoms with E-state index in [1.165, 1.54) is 0 Å². The molecular formula is C18H16N8O. The maximum absolute atomic E-state index is 12.5. The van der Waals surface area contributed by atoms with Crippen LogP contribution in [0.25, 0.3) is 22.8 Å². The Morgan fingerprint density at radius 1 is 1.07 bits per heavy atom. The standard InChI is InChI=1S/C18H16N8O/c1-11(16-22-17(26-25-16)12-5-4-7-19-10-12)21-18(27)15-9-14(23-24-15)13-6-2-3-8-20-13/h2-11H,1H3,(H,21,27)(H,23,24)(H,22,25,26). The maximum Gasteiger partial charge on any atom is 0.269 e. The minimum Gasteiger partial charge on any atom is -0.341 e. The molecule has 1 unspecified atom stereocenters. The Balaban J connectivity index is 1.46. The van der Waals surface area contributed by atoms with Crippen molar-refractivity contribution in [2.24, 2.45) is 0 Å². The number of carbonyl (C=O) groups is 1. The van der Waals surface area contributed by atoms with E-state index in [9.17, 15) is 4.79 Å². The second-order valence-corrected chi connectivity index (χ2v) is 5.86. The van der Waals surface area contributed by atoms with Gasteiger partial charge in [0.25, 0.3) is 5.91 Å². The van der Waals surface area contributed by atoms with Gasteiger partial charge in [0.05, 0.1) is 11.7 Å². The second-order valence-electron chi connectivity index (χ2n) is 5.86. The number of H-pyrrole nitrogens is 2. The SMILES string of the molecule is CC(NC(=O)c1cc(-c2ccccn2)n[nH]1)c1nc(-c2cccnc2)n[nH]1. The van der Waals surface area contributed by atoms with Crippen molar-refractivity contribution in [1.82, 2.24) is 40.7 Å². The summed E-state index contributed by atoms with van der Waals surface area (Å²) in [5, 5.41) is 16.8. The molecule has 1 amide bonds. The highest BCUT2D eigenvalue weighted by Crippen LogP contribution is 2.17. The van der Waals surface area contributed by atoms with Crippen molar-refractivity contribution >= 4 is 5.91 Å². The highest BCUT2D eigenvalue weighted by atomic mass is 16.2. The van der Waals surface area contributed by atoms with Gasteiger partial charge < -0.3 is 5.32 Å². The van der Waals surface area contributed by atoms with Gasteiger partial charge in [0, 0.05) is 24.2 Å². The molecule has 0 saturated heterocycles. The molecule has 4 aromatic rings. The van der Waals surface area contributed by atoms with Crippen LogP contribution in [0, 0.1) is 0 Å². The van der Waals surface area contributed by atoms with Crippen molar-refractivity contribution in [2.45, 2.75) is 13.0 Å². The van der Waals surface area contributed by atoms with E-state index in [2.05, 4.69) is 40.7 Å². The number of hydrogen-bond acceptors (Lipinski definition) is 6. The van der Waals surface area contributed by atoms with Crippen molar-refractivity contribution in [3.05, 3.63) is 66.5 Å².